The molecular weight excluding hydrogens is 330 g/mol. The molecule has 0 heterocycles. The summed E-state index contributed by atoms with van der Waals surface area (Å²) in [6.45, 7) is 2.19. The lowest BCUT2D eigenvalue weighted by Gasteiger charge is -2.10. The summed E-state index contributed by atoms with van der Waals surface area (Å²) in [5.41, 5.74) is 2.23. The molecule has 0 aliphatic rings. The van der Waals surface area contributed by atoms with E-state index in [0.29, 0.717) is 16.8 Å². The second-order valence-electron chi connectivity index (χ2n) is 5.49. The molecule has 0 spiro atoms. The van der Waals surface area contributed by atoms with E-state index in [1.165, 1.54) is 13.2 Å². The van der Waals surface area contributed by atoms with Gasteiger partial charge in [-0.05, 0) is 30.2 Å². The molecule has 26 heavy (non-hydrogen) atoms. The van der Waals surface area contributed by atoms with E-state index in [0.717, 1.165) is 18.4 Å². The van der Waals surface area contributed by atoms with Gasteiger partial charge in [0.15, 0.2) is 0 Å². The first-order valence-corrected chi connectivity index (χ1v) is 8.33. The van der Waals surface area contributed by atoms with Crippen LogP contribution in [-0.2, 0) is 16.1 Å². The first-order chi connectivity index (χ1) is 12.6. The average molecular weight is 351 g/mol. The van der Waals surface area contributed by atoms with Crippen molar-refractivity contribution in [3.8, 4) is 11.8 Å². The standard InChI is InChI=1S/C21H21NO4/c1-3-4-6-11-17-12-13-18(20(23)25-2)14-19(17)22-21(24)26-15-16-9-7-5-8-10-16/h5,7-10,12-14H,3-4,15H2,1-2H3,(H,22,24). The third-order valence-electron chi connectivity index (χ3n) is 3.49. The van der Waals surface area contributed by atoms with Crippen LogP contribution in [0, 0.1) is 11.8 Å². The Kier molecular flexibility index (Phi) is 7.26. The van der Waals surface area contributed by atoms with Gasteiger partial charge in [0.05, 0.1) is 18.4 Å². The summed E-state index contributed by atoms with van der Waals surface area (Å²) in [4.78, 5) is 23.9. The summed E-state index contributed by atoms with van der Waals surface area (Å²) in [5, 5.41) is 2.66. The average Bonchev–Trinajstić information content (AvgIpc) is 2.67. The van der Waals surface area contributed by atoms with Gasteiger partial charge in [0.1, 0.15) is 6.61 Å². The largest absolute Gasteiger partial charge is 0.465 e. The van der Waals surface area contributed by atoms with E-state index in [4.69, 9.17) is 9.47 Å². The summed E-state index contributed by atoms with van der Waals surface area (Å²) < 4.78 is 9.95. The molecule has 0 unspecified atom stereocenters. The molecule has 5 nitrogen and oxygen atoms in total. The van der Waals surface area contributed by atoms with Crippen LogP contribution in [0.2, 0.25) is 0 Å². The van der Waals surface area contributed by atoms with Crippen molar-refractivity contribution in [2.24, 2.45) is 0 Å². The quantitative estimate of drug-likeness (QED) is 0.641. The molecule has 0 bridgehead atoms. The Morgan fingerprint density at radius 1 is 1.12 bits per heavy atom. The molecule has 0 atom stereocenters. The van der Waals surface area contributed by atoms with Gasteiger partial charge in [0.25, 0.3) is 0 Å². The molecular formula is C21H21NO4. The number of hydrogen-bond donors (Lipinski definition) is 1. The van der Waals surface area contributed by atoms with Gasteiger partial charge in [-0.2, -0.15) is 0 Å². The highest BCUT2D eigenvalue weighted by Gasteiger charge is 2.12. The number of benzene rings is 2. The third kappa shape index (κ3) is 5.67. The minimum absolute atomic E-state index is 0.153. The number of rotatable bonds is 5. The minimum atomic E-state index is -0.616. The van der Waals surface area contributed by atoms with Gasteiger partial charge in [-0.25, -0.2) is 9.59 Å². The predicted molar refractivity (Wildman–Crippen MR) is 99.8 cm³/mol. The third-order valence-corrected chi connectivity index (χ3v) is 3.49. The maximum absolute atomic E-state index is 12.1. The number of ether oxygens (including phenoxy) is 2. The number of esters is 1. The van der Waals surface area contributed by atoms with Crippen LogP contribution in [-0.4, -0.2) is 19.2 Å². The van der Waals surface area contributed by atoms with Crippen molar-refractivity contribution in [3.63, 3.8) is 0 Å². The second-order valence-corrected chi connectivity index (χ2v) is 5.49. The molecule has 5 heteroatoms. The summed E-state index contributed by atoms with van der Waals surface area (Å²) in [6, 6.07) is 14.2. The number of amides is 1. The van der Waals surface area contributed by atoms with E-state index in [1.807, 2.05) is 37.3 Å². The Morgan fingerprint density at radius 2 is 1.88 bits per heavy atom. The molecule has 2 rings (SSSR count). The molecule has 2 aromatic carbocycles. The maximum Gasteiger partial charge on any atom is 0.411 e. The van der Waals surface area contributed by atoms with Crippen molar-refractivity contribution in [1.29, 1.82) is 0 Å². The van der Waals surface area contributed by atoms with E-state index < -0.39 is 12.1 Å². The Bertz CT molecular complexity index is 819. The van der Waals surface area contributed by atoms with Crippen LogP contribution in [0.4, 0.5) is 10.5 Å². The zero-order valence-corrected chi connectivity index (χ0v) is 14.9. The normalized spacial score (nSPS) is 9.62. The Labute approximate surface area is 153 Å². The van der Waals surface area contributed by atoms with Gasteiger partial charge in [0, 0.05) is 12.0 Å². The number of carbonyl (C=O) groups excluding carboxylic acids is 2. The summed E-state index contributed by atoms with van der Waals surface area (Å²) in [5.74, 6) is 5.55. The van der Waals surface area contributed by atoms with Gasteiger partial charge in [-0.15, -0.1) is 0 Å². The second kappa shape index (κ2) is 9.90. The number of carbonyl (C=O) groups is 2. The molecule has 0 aliphatic heterocycles. The number of nitrogens with one attached hydrogen (secondary N) is 1. The van der Waals surface area contributed by atoms with Crippen molar-refractivity contribution in [2.75, 3.05) is 12.4 Å². The van der Waals surface area contributed by atoms with E-state index in [-0.39, 0.29) is 6.61 Å². The van der Waals surface area contributed by atoms with Gasteiger partial charge >= 0.3 is 12.1 Å². The first kappa shape index (κ1) is 19.1. The summed E-state index contributed by atoms with van der Waals surface area (Å²) in [6.07, 6.45) is 1.07. The number of anilines is 1. The van der Waals surface area contributed by atoms with E-state index >= 15 is 0 Å². The Hall–Kier alpha value is -3.26. The van der Waals surface area contributed by atoms with Gasteiger partial charge in [-0.1, -0.05) is 49.1 Å². The van der Waals surface area contributed by atoms with Crippen molar-refractivity contribution in [3.05, 3.63) is 65.2 Å². The van der Waals surface area contributed by atoms with Crippen LogP contribution in [0.3, 0.4) is 0 Å². The predicted octanol–water partition coefficient (Wildman–Crippen LogP) is 4.37. The highest BCUT2D eigenvalue weighted by atomic mass is 16.5. The summed E-state index contributed by atoms with van der Waals surface area (Å²) >= 11 is 0. The fourth-order valence-corrected chi connectivity index (χ4v) is 2.15. The molecule has 134 valence electrons. The maximum atomic E-state index is 12.1. The van der Waals surface area contributed by atoms with Crippen molar-refractivity contribution >= 4 is 17.7 Å². The van der Waals surface area contributed by atoms with Crippen LogP contribution < -0.4 is 5.32 Å². The van der Waals surface area contributed by atoms with Gasteiger partial charge in [0.2, 0.25) is 0 Å². The fraction of sp³-hybridized carbons (Fsp3) is 0.238. The molecule has 0 saturated carbocycles. The highest BCUT2D eigenvalue weighted by Crippen LogP contribution is 2.18. The van der Waals surface area contributed by atoms with Crippen molar-refractivity contribution in [1.82, 2.24) is 0 Å². The molecule has 1 N–H and O–H groups in total. The fourth-order valence-electron chi connectivity index (χ4n) is 2.15. The number of methoxy groups -OCH3 is 1. The topological polar surface area (TPSA) is 64.6 Å². The molecule has 0 aromatic heterocycles. The number of hydrogen-bond acceptors (Lipinski definition) is 4. The zero-order valence-electron chi connectivity index (χ0n) is 14.9. The van der Waals surface area contributed by atoms with Crippen molar-refractivity contribution in [2.45, 2.75) is 26.4 Å². The smallest absolute Gasteiger partial charge is 0.411 e. The number of unbranched alkanes of at least 4 members (excludes halogenated alkanes) is 1. The van der Waals surface area contributed by atoms with E-state index in [1.54, 1.807) is 12.1 Å². The Morgan fingerprint density at radius 3 is 2.58 bits per heavy atom. The molecule has 1 amide bonds. The van der Waals surface area contributed by atoms with Crippen LogP contribution in [0.25, 0.3) is 0 Å². The molecule has 0 radical (unpaired) electrons. The zero-order chi connectivity index (χ0) is 18.8. The lowest BCUT2D eigenvalue weighted by atomic mass is 10.1. The molecule has 2 aromatic rings. The monoisotopic (exact) mass is 351 g/mol. The minimum Gasteiger partial charge on any atom is -0.465 e. The van der Waals surface area contributed by atoms with Crippen LogP contribution in [0.1, 0.15) is 41.3 Å². The van der Waals surface area contributed by atoms with Gasteiger partial charge < -0.3 is 9.47 Å². The van der Waals surface area contributed by atoms with E-state index in [9.17, 15) is 9.59 Å². The van der Waals surface area contributed by atoms with Crippen LogP contribution in [0.15, 0.2) is 48.5 Å². The molecule has 0 aliphatic carbocycles. The lowest BCUT2D eigenvalue weighted by Crippen LogP contribution is -2.15. The molecule has 0 fully saturated rings. The van der Waals surface area contributed by atoms with Crippen molar-refractivity contribution < 1.29 is 19.1 Å². The Balaban J connectivity index is 2.14. The SMILES string of the molecule is CCCC#Cc1ccc(C(=O)OC)cc1NC(=O)OCc1ccccc1. The van der Waals surface area contributed by atoms with Gasteiger partial charge in [-0.3, -0.25) is 5.32 Å². The van der Waals surface area contributed by atoms with Crippen LogP contribution >= 0.6 is 0 Å². The van der Waals surface area contributed by atoms with E-state index in [2.05, 4.69) is 17.2 Å². The van der Waals surface area contributed by atoms with Crippen LogP contribution in [0.5, 0.6) is 0 Å². The lowest BCUT2D eigenvalue weighted by molar-refractivity contribution is 0.0600. The highest BCUT2D eigenvalue weighted by molar-refractivity contribution is 5.93. The molecule has 0 saturated heterocycles. The summed E-state index contributed by atoms with van der Waals surface area (Å²) in [7, 11) is 1.30. The first-order valence-electron chi connectivity index (χ1n) is 8.33.